The van der Waals surface area contributed by atoms with Crippen LogP contribution in [0.15, 0.2) is 22.7 Å². The number of nitrogens with zero attached hydrogens (tertiary/aromatic N) is 1. The zero-order valence-corrected chi connectivity index (χ0v) is 11.3. The van der Waals surface area contributed by atoms with Crippen LogP contribution in [0.2, 0.25) is 0 Å². The summed E-state index contributed by atoms with van der Waals surface area (Å²) in [5.41, 5.74) is 2.48. The molecule has 0 aliphatic carbocycles. The van der Waals surface area contributed by atoms with E-state index in [1.807, 2.05) is 13.8 Å². The van der Waals surface area contributed by atoms with E-state index in [0.717, 1.165) is 11.1 Å². The van der Waals surface area contributed by atoms with E-state index < -0.39 is 11.9 Å². The number of hydrogen-bond donors (Lipinski definition) is 1. The molecular weight excluding hydrogens is 262 g/mol. The van der Waals surface area contributed by atoms with Gasteiger partial charge >= 0.3 is 11.9 Å². The summed E-state index contributed by atoms with van der Waals surface area (Å²) < 4.78 is 9.72. The molecule has 0 unspecified atom stereocenters. The van der Waals surface area contributed by atoms with Gasteiger partial charge < -0.3 is 14.4 Å². The van der Waals surface area contributed by atoms with Gasteiger partial charge in [-0.1, -0.05) is 5.16 Å². The minimum Gasteiger partial charge on any atom is -0.476 e. The van der Waals surface area contributed by atoms with Crippen LogP contribution in [0.5, 0.6) is 0 Å². The Hall–Kier alpha value is -2.63. The summed E-state index contributed by atoms with van der Waals surface area (Å²) in [5.74, 6) is -1.34. The summed E-state index contributed by atoms with van der Waals surface area (Å²) in [7, 11) is 1.31. The van der Waals surface area contributed by atoms with Crippen molar-refractivity contribution in [2.75, 3.05) is 7.11 Å². The molecule has 1 aromatic carbocycles. The zero-order chi connectivity index (χ0) is 14.9. The van der Waals surface area contributed by atoms with Crippen molar-refractivity contribution in [2.24, 2.45) is 0 Å². The van der Waals surface area contributed by atoms with Crippen LogP contribution in [0.1, 0.15) is 32.0 Å². The predicted octanol–water partition coefficient (Wildman–Crippen LogP) is 2.44. The van der Waals surface area contributed by atoms with Crippen LogP contribution in [0.25, 0.3) is 11.3 Å². The van der Waals surface area contributed by atoms with Gasteiger partial charge in [-0.25, -0.2) is 9.59 Å². The molecule has 104 valence electrons. The molecule has 0 saturated heterocycles. The number of ether oxygens (including phenoxy) is 1. The maximum atomic E-state index is 11.7. The van der Waals surface area contributed by atoms with Crippen LogP contribution in [-0.4, -0.2) is 29.3 Å². The highest BCUT2D eigenvalue weighted by Gasteiger charge is 2.17. The van der Waals surface area contributed by atoms with E-state index in [0.29, 0.717) is 11.1 Å². The Bertz CT molecular complexity index is 687. The molecule has 1 heterocycles. The predicted molar refractivity (Wildman–Crippen MR) is 69.7 cm³/mol. The summed E-state index contributed by atoms with van der Waals surface area (Å²) in [4.78, 5) is 22.5. The first kappa shape index (κ1) is 13.8. The third-order valence-electron chi connectivity index (χ3n) is 3.09. The van der Waals surface area contributed by atoms with Crippen molar-refractivity contribution in [3.8, 4) is 11.3 Å². The summed E-state index contributed by atoms with van der Waals surface area (Å²) >= 11 is 0. The molecule has 0 bridgehead atoms. The van der Waals surface area contributed by atoms with Crippen LogP contribution in [0.4, 0.5) is 0 Å². The van der Waals surface area contributed by atoms with Crippen LogP contribution < -0.4 is 0 Å². The lowest BCUT2D eigenvalue weighted by atomic mass is 9.98. The van der Waals surface area contributed by atoms with Gasteiger partial charge in [0.05, 0.1) is 12.7 Å². The highest BCUT2D eigenvalue weighted by Crippen LogP contribution is 2.26. The number of benzene rings is 1. The molecular formula is C14H13NO5. The largest absolute Gasteiger partial charge is 0.476 e. The minimum absolute atomic E-state index is 0.183. The molecule has 20 heavy (non-hydrogen) atoms. The maximum Gasteiger partial charge on any atom is 0.358 e. The van der Waals surface area contributed by atoms with Gasteiger partial charge in [-0.05, 0) is 37.1 Å². The molecule has 0 fully saturated rings. The summed E-state index contributed by atoms with van der Waals surface area (Å²) in [6, 6.07) is 4.71. The maximum absolute atomic E-state index is 11.7. The molecule has 0 amide bonds. The molecule has 6 nitrogen and oxygen atoms in total. The van der Waals surface area contributed by atoms with E-state index >= 15 is 0 Å². The number of hydrogen-bond acceptors (Lipinski definition) is 5. The number of carbonyl (C=O) groups excluding carboxylic acids is 1. The standard InChI is InChI=1S/C14H13NO5/c1-7-4-9(5-10(8(7)2)14(18)19-3)12-6-11(13(16)17)15-20-12/h4-6H,1-3H3,(H,16,17). The molecule has 2 rings (SSSR count). The Kier molecular flexibility index (Phi) is 3.56. The average molecular weight is 275 g/mol. The molecule has 0 atom stereocenters. The van der Waals surface area contributed by atoms with Crippen molar-refractivity contribution in [1.29, 1.82) is 0 Å². The molecule has 0 radical (unpaired) electrons. The third-order valence-corrected chi connectivity index (χ3v) is 3.09. The normalized spacial score (nSPS) is 10.3. The second-order valence-electron chi connectivity index (χ2n) is 4.34. The molecule has 0 aliphatic heterocycles. The van der Waals surface area contributed by atoms with Gasteiger partial charge in [-0.2, -0.15) is 0 Å². The fourth-order valence-electron chi connectivity index (χ4n) is 1.84. The van der Waals surface area contributed by atoms with E-state index in [9.17, 15) is 9.59 Å². The third kappa shape index (κ3) is 2.40. The molecule has 0 aliphatic rings. The minimum atomic E-state index is -1.17. The lowest BCUT2D eigenvalue weighted by Gasteiger charge is -2.09. The van der Waals surface area contributed by atoms with Crippen LogP contribution >= 0.6 is 0 Å². The number of methoxy groups -OCH3 is 1. The summed E-state index contributed by atoms with van der Waals surface area (Å²) in [5, 5.41) is 12.3. The second-order valence-corrected chi connectivity index (χ2v) is 4.34. The zero-order valence-electron chi connectivity index (χ0n) is 11.3. The van der Waals surface area contributed by atoms with E-state index in [1.54, 1.807) is 12.1 Å². The Morgan fingerprint density at radius 1 is 1.25 bits per heavy atom. The first-order valence-electron chi connectivity index (χ1n) is 5.84. The van der Waals surface area contributed by atoms with E-state index in [4.69, 9.17) is 14.4 Å². The topological polar surface area (TPSA) is 89.6 Å². The van der Waals surface area contributed by atoms with Gasteiger partial charge in [0.1, 0.15) is 0 Å². The smallest absolute Gasteiger partial charge is 0.358 e. The van der Waals surface area contributed by atoms with Crippen molar-refractivity contribution >= 4 is 11.9 Å². The second kappa shape index (κ2) is 5.16. The van der Waals surface area contributed by atoms with E-state index in [1.165, 1.54) is 13.2 Å². The van der Waals surface area contributed by atoms with Gasteiger partial charge in [0.25, 0.3) is 0 Å². The molecule has 6 heteroatoms. The van der Waals surface area contributed by atoms with E-state index in [2.05, 4.69) is 5.16 Å². The van der Waals surface area contributed by atoms with Gasteiger partial charge in [0.2, 0.25) is 0 Å². The summed E-state index contributed by atoms with van der Waals surface area (Å²) in [6.07, 6.45) is 0. The molecule has 2 aromatic rings. The lowest BCUT2D eigenvalue weighted by Crippen LogP contribution is -2.05. The van der Waals surface area contributed by atoms with Crippen molar-refractivity contribution in [3.05, 3.63) is 40.6 Å². The first-order chi connectivity index (χ1) is 9.43. The monoisotopic (exact) mass is 275 g/mol. The van der Waals surface area contributed by atoms with Crippen molar-refractivity contribution < 1.29 is 24.0 Å². The number of carboxylic acid groups (broad SMARTS) is 1. The molecule has 1 aromatic heterocycles. The van der Waals surface area contributed by atoms with Gasteiger partial charge in [-0.15, -0.1) is 0 Å². The van der Waals surface area contributed by atoms with Crippen LogP contribution in [-0.2, 0) is 4.74 Å². The first-order valence-corrected chi connectivity index (χ1v) is 5.84. The fraction of sp³-hybridized carbons (Fsp3) is 0.214. The Morgan fingerprint density at radius 2 is 1.95 bits per heavy atom. The number of aromatic carboxylic acids is 1. The van der Waals surface area contributed by atoms with E-state index in [-0.39, 0.29) is 11.5 Å². The molecule has 0 spiro atoms. The fourth-order valence-corrected chi connectivity index (χ4v) is 1.84. The number of rotatable bonds is 3. The number of aryl methyl sites for hydroxylation is 1. The average Bonchev–Trinajstić information content (AvgIpc) is 2.90. The Balaban J connectivity index is 2.54. The van der Waals surface area contributed by atoms with Crippen LogP contribution in [0.3, 0.4) is 0 Å². The highest BCUT2D eigenvalue weighted by molar-refractivity contribution is 5.93. The number of carboxylic acids is 1. The number of esters is 1. The molecule has 0 saturated carbocycles. The van der Waals surface area contributed by atoms with Gasteiger partial charge in [0.15, 0.2) is 11.5 Å². The highest BCUT2D eigenvalue weighted by atomic mass is 16.5. The van der Waals surface area contributed by atoms with Crippen LogP contribution in [0, 0.1) is 13.8 Å². The lowest BCUT2D eigenvalue weighted by molar-refractivity contribution is 0.0598. The van der Waals surface area contributed by atoms with Crippen molar-refractivity contribution in [3.63, 3.8) is 0 Å². The SMILES string of the molecule is COC(=O)c1cc(-c2cc(C(=O)O)no2)cc(C)c1C. The quantitative estimate of drug-likeness (QED) is 0.865. The van der Waals surface area contributed by atoms with Gasteiger partial charge in [0, 0.05) is 11.6 Å². The van der Waals surface area contributed by atoms with Crippen molar-refractivity contribution in [1.82, 2.24) is 5.16 Å². The Morgan fingerprint density at radius 3 is 2.50 bits per heavy atom. The summed E-state index contributed by atoms with van der Waals surface area (Å²) in [6.45, 7) is 3.66. The Labute approximate surface area is 115 Å². The number of aromatic nitrogens is 1. The van der Waals surface area contributed by atoms with Crippen molar-refractivity contribution in [2.45, 2.75) is 13.8 Å². The number of carbonyl (C=O) groups is 2. The molecule has 1 N–H and O–H groups in total. The van der Waals surface area contributed by atoms with Gasteiger partial charge in [-0.3, -0.25) is 0 Å².